The van der Waals surface area contributed by atoms with E-state index in [0.717, 1.165) is 12.0 Å². The van der Waals surface area contributed by atoms with Crippen molar-refractivity contribution in [2.24, 2.45) is 0 Å². The zero-order valence-corrected chi connectivity index (χ0v) is 10.8. The van der Waals surface area contributed by atoms with Gasteiger partial charge in [0.1, 0.15) is 5.75 Å². The van der Waals surface area contributed by atoms with E-state index in [1.54, 1.807) is 19.2 Å². The second-order valence-corrected chi connectivity index (χ2v) is 3.85. The minimum absolute atomic E-state index is 0.343. The van der Waals surface area contributed by atoms with Crippen LogP contribution in [0.15, 0.2) is 18.2 Å². The van der Waals surface area contributed by atoms with E-state index in [0.29, 0.717) is 31.0 Å². The monoisotopic (exact) mass is 254 g/mol. The van der Waals surface area contributed by atoms with Gasteiger partial charge in [-0.05, 0) is 18.1 Å². The van der Waals surface area contributed by atoms with Crippen molar-refractivity contribution in [2.45, 2.75) is 13.0 Å². The van der Waals surface area contributed by atoms with Crippen molar-refractivity contribution < 1.29 is 24.3 Å². The smallest absolute Gasteiger partial charge is 0.492 e. The molecule has 0 radical (unpaired) electrons. The Hall–Kier alpha value is -1.08. The Kier molecular flexibility index (Phi) is 6.74. The predicted molar refractivity (Wildman–Crippen MR) is 69.0 cm³/mol. The molecule has 1 rings (SSSR count). The van der Waals surface area contributed by atoms with Crippen molar-refractivity contribution in [3.63, 3.8) is 0 Å². The molecule has 100 valence electrons. The number of rotatable bonds is 8. The molecule has 0 unspecified atom stereocenters. The van der Waals surface area contributed by atoms with Crippen LogP contribution in [0.2, 0.25) is 0 Å². The Bertz CT molecular complexity index is 356. The van der Waals surface area contributed by atoms with Gasteiger partial charge in [0.05, 0.1) is 13.7 Å². The lowest BCUT2D eigenvalue weighted by atomic mass is 9.79. The van der Waals surface area contributed by atoms with E-state index >= 15 is 0 Å². The molecule has 18 heavy (non-hydrogen) atoms. The molecule has 0 spiro atoms. The van der Waals surface area contributed by atoms with E-state index in [-0.39, 0.29) is 0 Å². The summed E-state index contributed by atoms with van der Waals surface area (Å²) in [6.45, 7) is 1.70. The SMILES string of the molecule is COCCCOCc1ccc(OC)c(B(O)O)c1. The molecule has 0 atom stereocenters. The number of methoxy groups -OCH3 is 2. The minimum atomic E-state index is -1.55. The normalized spacial score (nSPS) is 10.4. The van der Waals surface area contributed by atoms with Crippen LogP contribution in [0.4, 0.5) is 0 Å². The fraction of sp³-hybridized carbons (Fsp3) is 0.500. The molecule has 0 aliphatic carbocycles. The van der Waals surface area contributed by atoms with Crippen LogP contribution in [0.25, 0.3) is 0 Å². The molecule has 1 aromatic carbocycles. The van der Waals surface area contributed by atoms with Gasteiger partial charge >= 0.3 is 7.12 Å². The van der Waals surface area contributed by atoms with E-state index in [1.807, 2.05) is 6.07 Å². The fourth-order valence-corrected chi connectivity index (χ4v) is 1.57. The molecule has 0 fully saturated rings. The Balaban J connectivity index is 2.53. The first kappa shape index (κ1) is 15.0. The van der Waals surface area contributed by atoms with Gasteiger partial charge in [-0.2, -0.15) is 0 Å². The third kappa shape index (κ3) is 4.66. The second-order valence-electron chi connectivity index (χ2n) is 3.85. The summed E-state index contributed by atoms with van der Waals surface area (Å²) in [7, 11) is 1.59. The van der Waals surface area contributed by atoms with Gasteiger partial charge in [-0.1, -0.05) is 12.1 Å². The molecule has 1 aromatic rings. The third-order valence-corrected chi connectivity index (χ3v) is 2.48. The molecule has 5 nitrogen and oxygen atoms in total. The molecule has 6 heteroatoms. The molecule has 0 saturated carbocycles. The Labute approximate surface area is 107 Å². The molecule has 0 amide bonds. The maximum absolute atomic E-state index is 9.22. The summed E-state index contributed by atoms with van der Waals surface area (Å²) in [5.74, 6) is 0.452. The molecular formula is C12H19BO5. The molecular weight excluding hydrogens is 235 g/mol. The number of ether oxygens (including phenoxy) is 3. The van der Waals surface area contributed by atoms with Gasteiger partial charge in [-0.15, -0.1) is 0 Å². The lowest BCUT2D eigenvalue weighted by Crippen LogP contribution is -2.31. The van der Waals surface area contributed by atoms with Gasteiger partial charge in [0.25, 0.3) is 0 Å². The lowest BCUT2D eigenvalue weighted by molar-refractivity contribution is 0.0929. The Morgan fingerprint density at radius 1 is 1.17 bits per heavy atom. The minimum Gasteiger partial charge on any atom is -0.497 e. The van der Waals surface area contributed by atoms with Gasteiger partial charge in [-0.3, -0.25) is 0 Å². The van der Waals surface area contributed by atoms with Crippen molar-refractivity contribution in [2.75, 3.05) is 27.4 Å². The van der Waals surface area contributed by atoms with Crippen molar-refractivity contribution in [3.05, 3.63) is 23.8 Å². The quantitative estimate of drug-likeness (QED) is 0.502. The van der Waals surface area contributed by atoms with Crippen LogP contribution in [-0.2, 0) is 16.1 Å². The number of benzene rings is 1. The van der Waals surface area contributed by atoms with E-state index in [4.69, 9.17) is 14.2 Å². The number of hydrogen-bond acceptors (Lipinski definition) is 5. The topological polar surface area (TPSA) is 68.2 Å². The van der Waals surface area contributed by atoms with Crippen molar-refractivity contribution >= 4 is 12.6 Å². The molecule has 0 aromatic heterocycles. The zero-order chi connectivity index (χ0) is 13.4. The van der Waals surface area contributed by atoms with E-state index in [2.05, 4.69) is 0 Å². The first-order valence-electron chi connectivity index (χ1n) is 5.78. The van der Waals surface area contributed by atoms with Crippen LogP contribution < -0.4 is 10.2 Å². The molecule has 0 saturated heterocycles. The maximum Gasteiger partial charge on any atom is 0.492 e. The molecule has 0 aliphatic rings. The highest BCUT2D eigenvalue weighted by atomic mass is 16.5. The van der Waals surface area contributed by atoms with Crippen LogP contribution in [0.3, 0.4) is 0 Å². The average molecular weight is 254 g/mol. The van der Waals surface area contributed by atoms with Crippen LogP contribution >= 0.6 is 0 Å². The van der Waals surface area contributed by atoms with Crippen molar-refractivity contribution in [1.29, 1.82) is 0 Å². The van der Waals surface area contributed by atoms with E-state index in [1.165, 1.54) is 7.11 Å². The average Bonchev–Trinajstić information content (AvgIpc) is 2.38. The summed E-state index contributed by atoms with van der Waals surface area (Å²) in [5.41, 5.74) is 1.21. The summed E-state index contributed by atoms with van der Waals surface area (Å²) in [5, 5.41) is 18.4. The van der Waals surface area contributed by atoms with Crippen LogP contribution in [-0.4, -0.2) is 44.6 Å². The largest absolute Gasteiger partial charge is 0.497 e. The second kappa shape index (κ2) is 8.10. The molecule has 0 bridgehead atoms. The fourth-order valence-electron chi connectivity index (χ4n) is 1.57. The third-order valence-electron chi connectivity index (χ3n) is 2.48. The first-order chi connectivity index (χ1) is 8.69. The van der Waals surface area contributed by atoms with Gasteiger partial charge < -0.3 is 24.3 Å². The first-order valence-corrected chi connectivity index (χ1v) is 5.78. The van der Waals surface area contributed by atoms with Gasteiger partial charge in [0, 0.05) is 25.8 Å². The lowest BCUT2D eigenvalue weighted by Gasteiger charge is -2.10. The maximum atomic E-state index is 9.22. The van der Waals surface area contributed by atoms with Gasteiger partial charge in [-0.25, -0.2) is 0 Å². The summed E-state index contributed by atoms with van der Waals surface area (Å²) < 4.78 is 15.4. The Morgan fingerprint density at radius 3 is 2.56 bits per heavy atom. The van der Waals surface area contributed by atoms with Gasteiger partial charge in [0.15, 0.2) is 0 Å². The zero-order valence-electron chi connectivity index (χ0n) is 10.8. The highest BCUT2D eigenvalue weighted by Crippen LogP contribution is 2.10. The number of hydrogen-bond donors (Lipinski definition) is 2. The predicted octanol–water partition coefficient (Wildman–Crippen LogP) is -0.0719. The van der Waals surface area contributed by atoms with E-state index in [9.17, 15) is 10.0 Å². The van der Waals surface area contributed by atoms with Crippen molar-refractivity contribution in [1.82, 2.24) is 0 Å². The molecule has 2 N–H and O–H groups in total. The van der Waals surface area contributed by atoms with E-state index < -0.39 is 7.12 Å². The van der Waals surface area contributed by atoms with Crippen LogP contribution in [0, 0.1) is 0 Å². The summed E-state index contributed by atoms with van der Waals surface area (Å²) in [6.07, 6.45) is 0.835. The standard InChI is InChI=1S/C12H19BO5/c1-16-6-3-7-18-9-10-4-5-12(17-2)11(8-10)13(14)15/h4-5,8,14-15H,3,6-7,9H2,1-2H3. The van der Waals surface area contributed by atoms with Gasteiger partial charge in [0.2, 0.25) is 0 Å². The van der Waals surface area contributed by atoms with Crippen molar-refractivity contribution in [3.8, 4) is 5.75 Å². The Morgan fingerprint density at radius 2 is 1.94 bits per heavy atom. The highest BCUT2D eigenvalue weighted by Gasteiger charge is 2.17. The summed E-state index contributed by atoms with van der Waals surface area (Å²) >= 11 is 0. The molecule has 0 heterocycles. The molecule has 0 aliphatic heterocycles. The summed E-state index contributed by atoms with van der Waals surface area (Å²) in [6, 6.07) is 5.20. The summed E-state index contributed by atoms with van der Waals surface area (Å²) in [4.78, 5) is 0. The van der Waals surface area contributed by atoms with Crippen LogP contribution in [0.5, 0.6) is 5.75 Å². The van der Waals surface area contributed by atoms with Crippen LogP contribution in [0.1, 0.15) is 12.0 Å². The highest BCUT2D eigenvalue weighted by molar-refractivity contribution is 6.59.